The third-order valence-corrected chi connectivity index (χ3v) is 3.45. The molecule has 1 aromatic heterocycles. The maximum atomic E-state index is 14.1. The summed E-state index contributed by atoms with van der Waals surface area (Å²) < 4.78 is 15.6. The lowest BCUT2D eigenvalue weighted by Gasteiger charge is -2.12. The topological polar surface area (TPSA) is 60.9 Å². The van der Waals surface area contributed by atoms with Crippen LogP contribution >= 0.6 is 0 Å². The van der Waals surface area contributed by atoms with Crippen LogP contribution in [0.25, 0.3) is 11.0 Å². The highest BCUT2D eigenvalue weighted by atomic mass is 19.1. The lowest BCUT2D eigenvalue weighted by Crippen LogP contribution is -2.25. The first-order valence-electron chi connectivity index (χ1n) is 6.57. The van der Waals surface area contributed by atoms with Gasteiger partial charge in [0.15, 0.2) is 5.82 Å². The highest BCUT2D eigenvalue weighted by molar-refractivity contribution is 5.74. The van der Waals surface area contributed by atoms with E-state index in [2.05, 4.69) is 4.98 Å². The minimum absolute atomic E-state index is 0.0793. The minimum Gasteiger partial charge on any atom is -0.396 e. The van der Waals surface area contributed by atoms with Gasteiger partial charge in [-0.05, 0) is 25.1 Å². The van der Waals surface area contributed by atoms with Crippen molar-refractivity contribution in [2.75, 3.05) is 5.73 Å². The number of aryl methyl sites for hydroxylation is 1. The zero-order chi connectivity index (χ0) is 15.0. The monoisotopic (exact) mass is 283 g/mol. The summed E-state index contributed by atoms with van der Waals surface area (Å²) >= 11 is 0. The molecule has 1 heterocycles. The molecule has 3 rings (SSSR count). The van der Waals surface area contributed by atoms with Crippen molar-refractivity contribution in [1.82, 2.24) is 9.55 Å². The average molecular weight is 283 g/mol. The zero-order valence-electron chi connectivity index (χ0n) is 11.5. The van der Waals surface area contributed by atoms with E-state index in [1.807, 2.05) is 18.2 Å². The van der Waals surface area contributed by atoms with Crippen LogP contribution < -0.4 is 11.3 Å². The Morgan fingerprint density at radius 2 is 1.95 bits per heavy atom. The van der Waals surface area contributed by atoms with Gasteiger partial charge in [0.25, 0.3) is 5.56 Å². The first kappa shape index (κ1) is 13.3. The molecule has 21 heavy (non-hydrogen) atoms. The molecule has 2 N–H and O–H groups in total. The molecule has 0 atom stereocenters. The molecule has 0 spiro atoms. The zero-order valence-corrected chi connectivity index (χ0v) is 11.5. The smallest absolute Gasteiger partial charge is 0.272 e. The van der Waals surface area contributed by atoms with Crippen LogP contribution in [0.15, 0.2) is 47.3 Å². The van der Waals surface area contributed by atoms with Crippen molar-refractivity contribution in [3.63, 3.8) is 0 Å². The number of nitrogens with two attached hydrogens (primary N) is 1. The quantitative estimate of drug-likeness (QED) is 0.735. The molecule has 106 valence electrons. The molecule has 2 aromatic carbocycles. The first-order chi connectivity index (χ1) is 10.1. The average Bonchev–Trinajstić information content (AvgIpc) is 2.48. The summed E-state index contributed by atoms with van der Waals surface area (Å²) in [5.74, 6) is -0.483. The summed E-state index contributed by atoms with van der Waals surface area (Å²) in [6.45, 7) is 1.78. The standard InChI is InChI=1S/C16H14FN3O/c1-10-16(21)20(14-8-3-2-7-13(14)19-10)9-11-5-4-6-12(18)15(11)17/h2-8H,9,18H2,1H3. The fourth-order valence-electron chi connectivity index (χ4n) is 2.37. The van der Waals surface area contributed by atoms with E-state index in [4.69, 9.17) is 5.73 Å². The Hall–Kier alpha value is -2.69. The molecule has 0 aliphatic heterocycles. The van der Waals surface area contributed by atoms with Crippen LogP contribution in [0.1, 0.15) is 11.3 Å². The predicted octanol–water partition coefficient (Wildman–Crippen LogP) is 2.47. The molecule has 0 radical (unpaired) electrons. The van der Waals surface area contributed by atoms with Gasteiger partial charge >= 0.3 is 0 Å². The van der Waals surface area contributed by atoms with E-state index in [1.54, 1.807) is 25.1 Å². The fraction of sp³-hybridized carbons (Fsp3) is 0.125. The Morgan fingerprint density at radius 3 is 2.76 bits per heavy atom. The number of benzene rings is 2. The van der Waals surface area contributed by atoms with Crippen molar-refractivity contribution < 1.29 is 4.39 Å². The fourth-order valence-corrected chi connectivity index (χ4v) is 2.37. The summed E-state index contributed by atoms with van der Waals surface area (Å²) in [5, 5.41) is 0. The molecule has 3 aromatic rings. The number of hydrogen-bond acceptors (Lipinski definition) is 3. The van der Waals surface area contributed by atoms with E-state index in [0.29, 0.717) is 22.3 Å². The van der Waals surface area contributed by atoms with Crippen molar-refractivity contribution in [3.05, 3.63) is 69.9 Å². The van der Waals surface area contributed by atoms with Crippen LogP contribution in [-0.2, 0) is 6.54 Å². The lowest BCUT2D eigenvalue weighted by molar-refractivity contribution is 0.603. The van der Waals surface area contributed by atoms with Gasteiger partial charge < -0.3 is 10.3 Å². The van der Waals surface area contributed by atoms with E-state index in [-0.39, 0.29) is 17.8 Å². The van der Waals surface area contributed by atoms with Crippen LogP contribution in [0.2, 0.25) is 0 Å². The Balaban J connectivity index is 2.23. The van der Waals surface area contributed by atoms with Gasteiger partial charge in [0.05, 0.1) is 23.3 Å². The number of nitrogen functional groups attached to an aromatic ring is 1. The highest BCUT2D eigenvalue weighted by Gasteiger charge is 2.11. The normalized spacial score (nSPS) is 11.0. The second-order valence-corrected chi connectivity index (χ2v) is 4.90. The second kappa shape index (κ2) is 5.01. The number of fused-ring (bicyclic) bond motifs is 1. The van der Waals surface area contributed by atoms with Crippen LogP contribution in [0.3, 0.4) is 0 Å². The number of halogens is 1. The van der Waals surface area contributed by atoms with E-state index >= 15 is 0 Å². The minimum atomic E-state index is -0.483. The van der Waals surface area contributed by atoms with Crippen LogP contribution in [0, 0.1) is 12.7 Å². The van der Waals surface area contributed by atoms with Crippen LogP contribution in [0.5, 0.6) is 0 Å². The van der Waals surface area contributed by atoms with Gasteiger partial charge in [-0.15, -0.1) is 0 Å². The second-order valence-electron chi connectivity index (χ2n) is 4.90. The van der Waals surface area contributed by atoms with Crippen LogP contribution in [-0.4, -0.2) is 9.55 Å². The third kappa shape index (κ3) is 2.27. The largest absolute Gasteiger partial charge is 0.396 e. The van der Waals surface area contributed by atoms with E-state index in [0.717, 1.165) is 0 Å². The molecule has 0 fully saturated rings. The van der Waals surface area contributed by atoms with E-state index < -0.39 is 5.82 Å². The Morgan fingerprint density at radius 1 is 1.19 bits per heavy atom. The molecular formula is C16H14FN3O. The third-order valence-electron chi connectivity index (χ3n) is 3.45. The molecule has 0 saturated carbocycles. The highest BCUT2D eigenvalue weighted by Crippen LogP contribution is 2.17. The maximum Gasteiger partial charge on any atom is 0.272 e. The Kier molecular flexibility index (Phi) is 3.17. The number of nitrogens with zero attached hydrogens (tertiary/aromatic N) is 2. The van der Waals surface area contributed by atoms with Gasteiger partial charge in [-0.25, -0.2) is 9.37 Å². The van der Waals surface area contributed by atoms with Crippen molar-refractivity contribution in [2.24, 2.45) is 0 Å². The summed E-state index contributed by atoms with van der Waals surface area (Å²) in [6.07, 6.45) is 0. The lowest BCUT2D eigenvalue weighted by atomic mass is 10.1. The number of para-hydroxylation sites is 2. The summed E-state index contributed by atoms with van der Waals surface area (Å²) in [5.41, 5.74) is 7.59. The maximum absolute atomic E-state index is 14.1. The van der Waals surface area contributed by atoms with Crippen molar-refractivity contribution in [3.8, 4) is 0 Å². The molecule has 0 bridgehead atoms. The summed E-state index contributed by atoms with van der Waals surface area (Å²) in [7, 11) is 0. The van der Waals surface area contributed by atoms with Gasteiger partial charge in [0.1, 0.15) is 5.69 Å². The molecule has 0 unspecified atom stereocenters. The SMILES string of the molecule is Cc1nc2ccccc2n(Cc2cccc(N)c2F)c1=O. The first-order valence-corrected chi connectivity index (χ1v) is 6.57. The van der Waals surface area contributed by atoms with Gasteiger partial charge in [0.2, 0.25) is 0 Å². The molecule has 0 amide bonds. The molecule has 4 nitrogen and oxygen atoms in total. The van der Waals surface area contributed by atoms with Gasteiger partial charge in [0, 0.05) is 5.56 Å². The number of hydrogen-bond donors (Lipinski definition) is 1. The molecular weight excluding hydrogens is 269 g/mol. The summed E-state index contributed by atoms with van der Waals surface area (Å²) in [4.78, 5) is 16.6. The Bertz CT molecular complexity index is 886. The number of anilines is 1. The number of aromatic nitrogens is 2. The summed E-state index contributed by atoms with van der Waals surface area (Å²) in [6, 6.07) is 12.1. The van der Waals surface area contributed by atoms with Gasteiger partial charge in [-0.3, -0.25) is 4.79 Å². The number of rotatable bonds is 2. The molecule has 5 heteroatoms. The predicted molar refractivity (Wildman–Crippen MR) is 80.7 cm³/mol. The van der Waals surface area contributed by atoms with E-state index in [1.165, 1.54) is 10.6 Å². The van der Waals surface area contributed by atoms with Crippen molar-refractivity contribution in [2.45, 2.75) is 13.5 Å². The Labute approximate surface area is 120 Å². The van der Waals surface area contributed by atoms with Gasteiger partial charge in [-0.1, -0.05) is 24.3 Å². The van der Waals surface area contributed by atoms with Crippen LogP contribution in [0.4, 0.5) is 10.1 Å². The van der Waals surface area contributed by atoms with E-state index in [9.17, 15) is 9.18 Å². The van der Waals surface area contributed by atoms with Crippen molar-refractivity contribution in [1.29, 1.82) is 0 Å². The molecule has 0 saturated heterocycles. The van der Waals surface area contributed by atoms with Gasteiger partial charge in [-0.2, -0.15) is 0 Å². The molecule has 0 aliphatic rings. The molecule has 0 aliphatic carbocycles. The van der Waals surface area contributed by atoms with Crippen molar-refractivity contribution >= 4 is 16.7 Å².